The number of nitriles is 1. The lowest BCUT2D eigenvalue weighted by atomic mass is 10.1. The molecule has 4 aromatic rings. The number of carbonyl (C=O) groups excluding carboxylic acids is 1. The molecule has 0 saturated heterocycles. The van der Waals surface area contributed by atoms with E-state index < -0.39 is 0 Å². The van der Waals surface area contributed by atoms with Crippen molar-refractivity contribution in [1.29, 1.82) is 5.26 Å². The number of hydrogen-bond donors (Lipinski definition) is 1. The lowest BCUT2D eigenvalue weighted by Gasteiger charge is -2.09. The van der Waals surface area contributed by atoms with Gasteiger partial charge in [-0.2, -0.15) is 5.26 Å². The standard InChI is InChI=1S/C23H17N3OS/c24-15-17-11-9-16(10-12-17)13-14-22(27)25-19-6-2-1-5-18(19)23-26-20-7-3-4-8-21(20)28-23/h1-12H,13-14H2,(H,25,27). The van der Waals surface area contributed by atoms with Gasteiger partial charge in [0, 0.05) is 12.0 Å². The van der Waals surface area contributed by atoms with Gasteiger partial charge in [-0.3, -0.25) is 4.79 Å². The highest BCUT2D eigenvalue weighted by molar-refractivity contribution is 7.21. The first kappa shape index (κ1) is 17.9. The van der Waals surface area contributed by atoms with Gasteiger partial charge >= 0.3 is 0 Å². The fraction of sp³-hybridized carbons (Fsp3) is 0.0870. The minimum atomic E-state index is -0.0436. The summed E-state index contributed by atoms with van der Waals surface area (Å²) in [6.45, 7) is 0. The molecule has 136 valence electrons. The lowest BCUT2D eigenvalue weighted by molar-refractivity contribution is -0.116. The Morgan fingerprint density at radius 3 is 2.54 bits per heavy atom. The number of rotatable bonds is 5. The number of anilines is 1. The van der Waals surface area contributed by atoms with Gasteiger partial charge in [-0.1, -0.05) is 36.4 Å². The van der Waals surface area contributed by atoms with Crippen molar-refractivity contribution < 1.29 is 4.79 Å². The third-order valence-corrected chi connectivity index (χ3v) is 5.52. The molecule has 0 atom stereocenters. The van der Waals surface area contributed by atoms with Crippen LogP contribution in [0.1, 0.15) is 17.5 Å². The van der Waals surface area contributed by atoms with E-state index in [0.717, 1.165) is 32.0 Å². The summed E-state index contributed by atoms with van der Waals surface area (Å²) < 4.78 is 1.12. The second-order valence-electron chi connectivity index (χ2n) is 6.39. The number of thiazole rings is 1. The highest BCUT2D eigenvalue weighted by Crippen LogP contribution is 2.34. The molecule has 1 heterocycles. The Balaban J connectivity index is 1.48. The zero-order valence-corrected chi connectivity index (χ0v) is 15.9. The van der Waals surface area contributed by atoms with Crippen LogP contribution in [-0.4, -0.2) is 10.9 Å². The molecule has 3 aromatic carbocycles. The predicted molar refractivity (Wildman–Crippen MR) is 113 cm³/mol. The Morgan fingerprint density at radius 1 is 1.00 bits per heavy atom. The van der Waals surface area contributed by atoms with E-state index in [2.05, 4.69) is 17.5 Å². The molecule has 0 radical (unpaired) electrons. The molecule has 0 fully saturated rings. The summed E-state index contributed by atoms with van der Waals surface area (Å²) in [7, 11) is 0. The largest absolute Gasteiger partial charge is 0.325 e. The summed E-state index contributed by atoms with van der Waals surface area (Å²) >= 11 is 1.62. The topological polar surface area (TPSA) is 65.8 Å². The van der Waals surface area contributed by atoms with Gasteiger partial charge in [0.25, 0.3) is 0 Å². The van der Waals surface area contributed by atoms with Crippen molar-refractivity contribution in [1.82, 2.24) is 4.98 Å². The number of nitrogens with zero attached hydrogens (tertiary/aromatic N) is 2. The molecule has 4 rings (SSSR count). The van der Waals surface area contributed by atoms with E-state index in [1.54, 1.807) is 23.5 Å². The SMILES string of the molecule is N#Cc1ccc(CCC(=O)Nc2ccccc2-c2nc3ccccc3s2)cc1. The molecule has 0 aliphatic carbocycles. The normalized spacial score (nSPS) is 10.5. The van der Waals surface area contributed by atoms with E-state index in [4.69, 9.17) is 10.2 Å². The molecular weight excluding hydrogens is 366 g/mol. The van der Waals surface area contributed by atoms with Crippen LogP contribution in [0.5, 0.6) is 0 Å². The first-order valence-electron chi connectivity index (χ1n) is 8.97. The van der Waals surface area contributed by atoms with Crippen LogP contribution in [0, 0.1) is 11.3 Å². The Labute approximate surface area is 167 Å². The monoisotopic (exact) mass is 383 g/mol. The Morgan fingerprint density at radius 2 is 1.75 bits per heavy atom. The van der Waals surface area contributed by atoms with E-state index in [0.29, 0.717) is 18.4 Å². The van der Waals surface area contributed by atoms with E-state index in [1.165, 1.54) is 0 Å². The number of fused-ring (bicyclic) bond motifs is 1. The number of aromatic nitrogens is 1. The highest BCUT2D eigenvalue weighted by Gasteiger charge is 2.12. The van der Waals surface area contributed by atoms with Crippen molar-refractivity contribution in [3.05, 3.63) is 83.9 Å². The maximum absolute atomic E-state index is 12.5. The van der Waals surface area contributed by atoms with Crippen LogP contribution in [0.2, 0.25) is 0 Å². The third kappa shape index (κ3) is 3.93. The number of carbonyl (C=O) groups is 1. The van der Waals surface area contributed by atoms with Crippen LogP contribution in [0.3, 0.4) is 0 Å². The quantitative estimate of drug-likeness (QED) is 0.501. The van der Waals surface area contributed by atoms with E-state index in [9.17, 15) is 4.79 Å². The summed E-state index contributed by atoms with van der Waals surface area (Å²) in [6.07, 6.45) is 1.00. The van der Waals surface area contributed by atoms with Crippen molar-refractivity contribution in [2.75, 3.05) is 5.32 Å². The second kappa shape index (κ2) is 8.03. The predicted octanol–water partition coefficient (Wildman–Crippen LogP) is 5.41. The third-order valence-electron chi connectivity index (χ3n) is 4.45. The number of benzene rings is 3. The van der Waals surface area contributed by atoms with Crippen molar-refractivity contribution in [2.45, 2.75) is 12.8 Å². The van der Waals surface area contributed by atoms with Gasteiger partial charge in [0.15, 0.2) is 0 Å². The van der Waals surface area contributed by atoms with Crippen molar-refractivity contribution in [3.8, 4) is 16.6 Å². The van der Waals surface area contributed by atoms with Crippen LogP contribution in [0.15, 0.2) is 72.8 Å². The molecule has 1 amide bonds. The zero-order chi connectivity index (χ0) is 19.3. The summed E-state index contributed by atoms with van der Waals surface area (Å²) in [4.78, 5) is 17.2. The van der Waals surface area contributed by atoms with Gasteiger partial charge in [-0.15, -0.1) is 11.3 Å². The molecule has 0 bridgehead atoms. The van der Waals surface area contributed by atoms with Crippen LogP contribution in [0.25, 0.3) is 20.8 Å². The number of amides is 1. The molecule has 1 N–H and O–H groups in total. The van der Waals surface area contributed by atoms with Crippen LogP contribution in [0.4, 0.5) is 5.69 Å². The smallest absolute Gasteiger partial charge is 0.224 e. The summed E-state index contributed by atoms with van der Waals surface area (Å²) in [5.74, 6) is -0.0436. The lowest BCUT2D eigenvalue weighted by Crippen LogP contribution is -2.13. The van der Waals surface area contributed by atoms with E-state index in [1.807, 2.05) is 54.6 Å². The van der Waals surface area contributed by atoms with Gasteiger partial charge in [-0.25, -0.2) is 4.98 Å². The number of nitrogens with one attached hydrogen (secondary N) is 1. The molecule has 0 aliphatic rings. The molecule has 28 heavy (non-hydrogen) atoms. The van der Waals surface area contributed by atoms with Gasteiger partial charge < -0.3 is 5.32 Å². The molecule has 0 aliphatic heterocycles. The molecular formula is C23H17N3OS. The average molecular weight is 383 g/mol. The minimum absolute atomic E-state index is 0.0436. The summed E-state index contributed by atoms with van der Waals surface area (Å²) in [5.41, 5.74) is 4.32. The van der Waals surface area contributed by atoms with Gasteiger partial charge in [-0.05, 0) is 48.4 Å². The Kier molecular flexibility index (Phi) is 5.14. The maximum Gasteiger partial charge on any atom is 0.224 e. The second-order valence-corrected chi connectivity index (χ2v) is 7.42. The highest BCUT2D eigenvalue weighted by atomic mass is 32.1. The summed E-state index contributed by atoms with van der Waals surface area (Å²) in [6, 6.07) is 25.2. The van der Waals surface area contributed by atoms with Crippen molar-refractivity contribution in [3.63, 3.8) is 0 Å². The fourth-order valence-corrected chi connectivity index (χ4v) is 3.99. The first-order chi connectivity index (χ1) is 13.7. The van der Waals surface area contributed by atoms with Crippen LogP contribution < -0.4 is 5.32 Å². The molecule has 0 spiro atoms. The van der Waals surface area contributed by atoms with Crippen LogP contribution >= 0.6 is 11.3 Å². The van der Waals surface area contributed by atoms with Gasteiger partial charge in [0.05, 0.1) is 27.5 Å². The van der Waals surface area contributed by atoms with Crippen LogP contribution in [-0.2, 0) is 11.2 Å². The average Bonchev–Trinajstić information content (AvgIpc) is 3.17. The number of hydrogen-bond acceptors (Lipinski definition) is 4. The number of aryl methyl sites for hydroxylation is 1. The fourth-order valence-electron chi connectivity index (χ4n) is 2.98. The van der Waals surface area contributed by atoms with E-state index >= 15 is 0 Å². The zero-order valence-electron chi connectivity index (χ0n) is 15.1. The molecule has 1 aromatic heterocycles. The maximum atomic E-state index is 12.5. The molecule has 4 nitrogen and oxygen atoms in total. The number of para-hydroxylation sites is 2. The van der Waals surface area contributed by atoms with Crippen molar-refractivity contribution >= 4 is 33.1 Å². The molecule has 0 saturated carbocycles. The Hall–Kier alpha value is -3.49. The van der Waals surface area contributed by atoms with E-state index in [-0.39, 0.29) is 5.91 Å². The first-order valence-corrected chi connectivity index (χ1v) is 9.78. The van der Waals surface area contributed by atoms with Gasteiger partial charge in [0.1, 0.15) is 5.01 Å². The molecule has 5 heteroatoms. The molecule has 0 unspecified atom stereocenters. The Bertz CT molecular complexity index is 1140. The summed E-state index contributed by atoms with van der Waals surface area (Å²) in [5, 5.41) is 12.8. The van der Waals surface area contributed by atoms with Gasteiger partial charge in [0.2, 0.25) is 5.91 Å². The van der Waals surface area contributed by atoms with Crippen molar-refractivity contribution in [2.24, 2.45) is 0 Å². The minimum Gasteiger partial charge on any atom is -0.325 e.